The highest BCUT2D eigenvalue weighted by Crippen LogP contribution is 2.41. The molecule has 0 radical (unpaired) electrons. The molecule has 2 heterocycles. The number of hydrogen-bond acceptors (Lipinski definition) is 3. The second-order valence-corrected chi connectivity index (χ2v) is 5.95. The Labute approximate surface area is 138 Å². The van der Waals surface area contributed by atoms with Crippen molar-refractivity contribution in [1.29, 1.82) is 0 Å². The SMILES string of the molecule is O=C1N[C@]2(CCOc3ccccc32)C(=O)N1Cc1cccc(F)c1. The Morgan fingerprint density at radius 1 is 1.17 bits per heavy atom. The summed E-state index contributed by atoms with van der Waals surface area (Å²) >= 11 is 0. The summed E-state index contributed by atoms with van der Waals surface area (Å²) in [5.41, 5.74) is 0.131. The van der Waals surface area contributed by atoms with E-state index >= 15 is 0 Å². The quantitative estimate of drug-likeness (QED) is 0.863. The van der Waals surface area contributed by atoms with Gasteiger partial charge >= 0.3 is 6.03 Å². The van der Waals surface area contributed by atoms with Crippen molar-refractivity contribution in [3.63, 3.8) is 0 Å². The van der Waals surface area contributed by atoms with Crippen LogP contribution < -0.4 is 10.1 Å². The highest BCUT2D eigenvalue weighted by atomic mass is 19.1. The molecule has 0 aliphatic carbocycles. The minimum Gasteiger partial charge on any atom is -0.493 e. The molecule has 0 unspecified atom stereocenters. The van der Waals surface area contributed by atoms with Crippen LogP contribution in [0.3, 0.4) is 0 Å². The van der Waals surface area contributed by atoms with Crippen LogP contribution in [-0.4, -0.2) is 23.4 Å². The molecular weight excluding hydrogens is 311 g/mol. The summed E-state index contributed by atoms with van der Waals surface area (Å²) in [4.78, 5) is 26.6. The summed E-state index contributed by atoms with van der Waals surface area (Å²) in [5, 5.41) is 2.82. The van der Waals surface area contributed by atoms with Crippen LogP contribution in [0.5, 0.6) is 5.75 Å². The summed E-state index contributed by atoms with van der Waals surface area (Å²) in [5.74, 6) is -0.122. The van der Waals surface area contributed by atoms with Crippen molar-refractivity contribution in [1.82, 2.24) is 10.2 Å². The predicted octanol–water partition coefficient (Wildman–Crippen LogP) is 2.56. The number of fused-ring (bicyclic) bond motifs is 2. The largest absolute Gasteiger partial charge is 0.493 e. The maximum absolute atomic E-state index is 13.4. The van der Waals surface area contributed by atoms with Gasteiger partial charge in [0.05, 0.1) is 13.2 Å². The monoisotopic (exact) mass is 326 g/mol. The molecule has 24 heavy (non-hydrogen) atoms. The third-order valence-electron chi connectivity index (χ3n) is 4.49. The summed E-state index contributed by atoms with van der Waals surface area (Å²) < 4.78 is 19.0. The number of hydrogen-bond donors (Lipinski definition) is 1. The van der Waals surface area contributed by atoms with Crippen molar-refractivity contribution in [3.8, 4) is 5.75 Å². The number of carbonyl (C=O) groups excluding carboxylic acids is 2. The molecule has 3 amide bonds. The van der Waals surface area contributed by atoms with Gasteiger partial charge in [-0.05, 0) is 23.8 Å². The fraction of sp³-hybridized carbons (Fsp3) is 0.222. The van der Waals surface area contributed by atoms with Crippen LogP contribution in [0.4, 0.5) is 9.18 Å². The van der Waals surface area contributed by atoms with Crippen molar-refractivity contribution in [2.45, 2.75) is 18.5 Å². The summed E-state index contributed by atoms with van der Waals surface area (Å²) in [6.07, 6.45) is 0.369. The van der Waals surface area contributed by atoms with Gasteiger partial charge in [-0.25, -0.2) is 9.18 Å². The Kier molecular flexibility index (Phi) is 3.26. The van der Waals surface area contributed by atoms with E-state index in [0.717, 1.165) is 4.90 Å². The van der Waals surface area contributed by atoms with Crippen molar-refractivity contribution in [3.05, 3.63) is 65.5 Å². The minimum absolute atomic E-state index is 0.0349. The topological polar surface area (TPSA) is 58.6 Å². The molecule has 0 aromatic heterocycles. The fourth-order valence-corrected chi connectivity index (χ4v) is 3.33. The predicted molar refractivity (Wildman–Crippen MR) is 83.7 cm³/mol. The van der Waals surface area contributed by atoms with Crippen LogP contribution in [0.2, 0.25) is 0 Å². The Bertz CT molecular complexity index is 839. The first-order valence-corrected chi connectivity index (χ1v) is 7.71. The van der Waals surface area contributed by atoms with Gasteiger partial charge in [0.15, 0.2) is 5.54 Å². The Morgan fingerprint density at radius 3 is 2.83 bits per heavy atom. The van der Waals surface area contributed by atoms with E-state index in [0.29, 0.717) is 29.9 Å². The minimum atomic E-state index is -1.10. The van der Waals surface area contributed by atoms with Gasteiger partial charge in [0, 0.05) is 12.0 Å². The number of amides is 3. The van der Waals surface area contributed by atoms with Gasteiger partial charge in [0.25, 0.3) is 5.91 Å². The molecule has 5 nitrogen and oxygen atoms in total. The molecule has 2 aliphatic heterocycles. The van der Waals surface area contributed by atoms with Crippen LogP contribution in [0.1, 0.15) is 17.5 Å². The van der Waals surface area contributed by atoms with Crippen LogP contribution in [0.15, 0.2) is 48.5 Å². The maximum Gasteiger partial charge on any atom is 0.325 e. The van der Waals surface area contributed by atoms with E-state index in [2.05, 4.69) is 5.32 Å². The normalized spacial score (nSPS) is 22.3. The number of para-hydroxylation sites is 1. The number of urea groups is 1. The first kappa shape index (κ1) is 14.7. The van der Waals surface area contributed by atoms with Gasteiger partial charge in [0.2, 0.25) is 0 Å². The van der Waals surface area contributed by atoms with Crippen LogP contribution in [0, 0.1) is 5.82 Å². The van der Waals surface area contributed by atoms with E-state index in [4.69, 9.17) is 4.74 Å². The highest BCUT2D eigenvalue weighted by Gasteiger charge is 2.54. The average molecular weight is 326 g/mol. The number of halogens is 1. The van der Waals surface area contributed by atoms with E-state index in [-0.39, 0.29) is 12.5 Å². The summed E-state index contributed by atoms with van der Waals surface area (Å²) in [6.45, 7) is 0.379. The molecule has 1 fully saturated rings. The molecular formula is C18H15FN2O3. The lowest BCUT2D eigenvalue weighted by Gasteiger charge is -2.33. The Morgan fingerprint density at radius 2 is 2.00 bits per heavy atom. The highest BCUT2D eigenvalue weighted by molar-refractivity contribution is 6.07. The number of carbonyl (C=O) groups is 2. The van der Waals surface area contributed by atoms with Crippen LogP contribution in [-0.2, 0) is 16.9 Å². The number of nitrogens with zero attached hydrogens (tertiary/aromatic N) is 1. The first-order valence-electron chi connectivity index (χ1n) is 7.71. The molecule has 6 heteroatoms. The Hall–Kier alpha value is -2.89. The van der Waals surface area contributed by atoms with E-state index in [9.17, 15) is 14.0 Å². The molecule has 2 aromatic rings. The van der Waals surface area contributed by atoms with Gasteiger partial charge in [0.1, 0.15) is 11.6 Å². The van der Waals surface area contributed by atoms with E-state index < -0.39 is 17.4 Å². The van der Waals surface area contributed by atoms with E-state index in [1.807, 2.05) is 12.1 Å². The lowest BCUT2D eigenvalue weighted by Crippen LogP contribution is -2.47. The van der Waals surface area contributed by atoms with Crippen molar-refractivity contribution in [2.24, 2.45) is 0 Å². The van der Waals surface area contributed by atoms with Gasteiger partial charge in [-0.15, -0.1) is 0 Å². The van der Waals surface area contributed by atoms with Crippen molar-refractivity contribution < 1.29 is 18.7 Å². The maximum atomic E-state index is 13.4. The number of nitrogens with one attached hydrogen (secondary N) is 1. The lowest BCUT2D eigenvalue weighted by atomic mass is 9.84. The first-order chi connectivity index (χ1) is 11.6. The molecule has 1 spiro atoms. The number of ether oxygens (including phenoxy) is 1. The fourth-order valence-electron chi connectivity index (χ4n) is 3.33. The molecule has 4 rings (SSSR count). The average Bonchev–Trinajstić information content (AvgIpc) is 2.80. The second kappa shape index (κ2) is 5.33. The molecule has 2 aliphatic rings. The lowest BCUT2D eigenvalue weighted by molar-refractivity contribution is -0.133. The zero-order valence-electron chi connectivity index (χ0n) is 12.8. The molecule has 0 bridgehead atoms. The smallest absolute Gasteiger partial charge is 0.325 e. The molecule has 1 N–H and O–H groups in total. The van der Waals surface area contributed by atoms with Gasteiger partial charge in [-0.3, -0.25) is 9.69 Å². The standard InChI is InChI=1S/C18H15FN2O3/c19-13-5-3-4-12(10-13)11-21-16(22)18(20-17(21)23)8-9-24-15-7-2-1-6-14(15)18/h1-7,10H,8-9,11H2,(H,20,23)/t18-/m0/s1. The van der Waals surface area contributed by atoms with Crippen molar-refractivity contribution in [2.75, 3.05) is 6.61 Å². The number of benzene rings is 2. The zero-order chi connectivity index (χ0) is 16.7. The van der Waals surface area contributed by atoms with Gasteiger partial charge in [-0.2, -0.15) is 0 Å². The molecule has 2 aromatic carbocycles. The number of imide groups is 1. The van der Waals surface area contributed by atoms with E-state index in [1.54, 1.807) is 24.3 Å². The molecule has 0 saturated carbocycles. The molecule has 1 atom stereocenters. The molecule has 1 saturated heterocycles. The third-order valence-corrected chi connectivity index (χ3v) is 4.49. The third kappa shape index (κ3) is 2.14. The van der Waals surface area contributed by atoms with Crippen LogP contribution in [0.25, 0.3) is 0 Å². The second-order valence-electron chi connectivity index (χ2n) is 5.95. The summed E-state index contributed by atoms with van der Waals surface area (Å²) in [6, 6.07) is 12.6. The zero-order valence-corrected chi connectivity index (χ0v) is 12.8. The number of rotatable bonds is 2. The van der Waals surface area contributed by atoms with Crippen molar-refractivity contribution >= 4 is 11.9 Å². The Balaban J connectivity index is 1.70. The van der Waals surface area contributed by atoms with Crippen LogP contribution >= 0.6 is 0 Å². The summed E-state index contributed by atoms with van der Waals surface area (Å²) in [7, 11) is 0. The van der Waals surface area contributed by atoms with E-state index in [1.165, 1.54) is 12.1 Å². The van der Waals surface area contributed by atoms with Gasteiger partial charge < -0.3 is 10.1 Å². The molecule has 122 valence electrons. The van der Waals surface area contributed by atoms with Gasteiger partial charge in [-0.1, -0.05) is 30.3 Å².